The Balaban J connectivity index is 1.65. The molecule has 4 aliphatic rings. The Morgan fingerprint density at radius 3 is 2.82 bits per heavy atom. The SMILES string of the molecule is CC1CCC2C3CC/C4=C/C/C(O)=C\CC=C4C3CCC12C. The van der Waals surface area contributed by atoms with Crippen LogP contribution in [0.15, 0.2) is 35.1 Å². The number of aliphatic hydroxyl groups excluding tert-OH is 1. The lowest BCUT2D eigenvalue weighted by Crippen LogP contribution is -2.43. The van der Waals surface area contributed by atoms with Crippen LogP contribution in [0.5, 0.6) is 0 Å². The molecule has 1 nitrogen and oxygen atoms in total. The van der Waals surface area contributed by atoms with Crippen LogP contribution in [-0.2, 0) is 0 Å². The fourth-order valence-corrected chi connectivity index (χ4v) is 6.18. The lowest BCUT2D eigenvalue weighted by atomic mass is 9.53. The number of aliphatic hydroxyl groups is 1. The van der Waals surface area contributed by atoms with Crippen LogP contribution in [-0.4, -0.2) is 5.11 Å². The van der Waals surface area contributed by atoms with Gasteiger partial charge in [0.1, 0.15) is 0 Å². The molecule has 4 aliphatic carbocycles. The first-order valence-corrected chi connectivity index (χ1v) is 9.37. The molecule has 120 valence electrons. The predicted molar refractivity (Wildman–Crippen MR) is 91.6 cm³/mol. The van der Waals surface area contributed by atoms with Gasteiger partial charge in [0.05, 0.1) is 5.76 Å². The fraction of sp³-hybridized carbons (Fsp3) is 0.714. The van der Waals surface area contributed by atoms with E-state index in [0.29, 0.717) is 11.2 Å². The summed E-state index contributed by atoms with van der Waals surface area (Å²) in [6.45, 7) is 5.08. The molecule has 0 aromatic rings. The summed E-state index contributed by atoms with van der Waals surface area (Å²) in [6.07, 6.45) is 16.7. The zero-order chi connectivity index (χ0) is 15.3. The lowest BCUT2D eigenvalue weighted by Gasteiger charge is -2.51. The monoisotopic (exact) mass is 298 g/mol. The van der Waals surface area contributed by atoms with Gasteiger partial charge in [-0.25, -0.2) is 0 Å². The second-order valence-electron chi connectivity index (χ2n) is 8.46. The van der Waals surface area contributed by atoms with Crippen molar-refractivity contribution in [3.63, 3.8) is 0 Å². The first kappa shape index (κ1) is 14.6. The van der Waals surface area contributed by atoms with Crippen molar-refractivity contribution in [2.24, 2.45) is 29.1 Å². The van der Waals surface area contributed by atoms with Gasteiger partial charge in [0.25, 0.3) is 0 Å². The van der Waals surface area contributed by atoms with Crippen molar-refractivity contribution in [1.29, 1.82) is 0 Å². The van der Waals surface area contributed by atoms with Crippen molar-refractivity contribution in [2.45, 2.75) is 65.2 Å². The van der Waals surface area contributed by atoms with Crippen molar-refractivity contribution in [1.82, 2.24) is 0 Å². The molecule has 0 amide bonds. The quantitative estimate of drug-likeness (QED) is 0.586. The molecule has 0 saturated heterocycles. The Hall–Kier alpha value is -0.980. The summed E-state index contributed by atoms with van der Waals surface area (Å²) >= 11 is 0. The van der Waals surface area contributed by atoms with Gasteiger partial charge in [-0.3, -0.25) is 0 Å². The molecule has 0 aromatic heterocycles. The van der Waals surface area contributed by atoms with Gasteiger partial charge >= 0.3 is 0 Å². The standard InChI is InChI=1S/C21H30O/c1-14-6-11-20-19-10-8-15-7-9-16(22)4-3-5-17(15)18(19)12-13-21(14,20)2/h4-5,7,14,18-20,22H,3,6,8-13H2,1-2H3/b15-7-,16-4+,17-5?. The number of rotatable bonds is 0. The molecular formula is C21H30O. The Morgan fingerprint density at radius 1 is 1.09 bits per heavy atom. The van der Waals surface area contributed by atoms with Gasteiger partial charge in [-0.05, 0) is 91.3 Å². The summed E-state index contributed by atoms with van der Waals surface area (Å²) in [5.74, 6) is 4.14. The third-order valence-electron chi connectivity index (χ3n) is 7.68. The summed E-state index contributed by atoms with van der Waals surface area (Å²) in [7, 11) is 0. The molecule has 0 aliphatic heterocycles. The Bertz CT molecular complexity index is 552. The summed E-state index contributed by atoms with van der Waals surface area (Å²) in [5.41, 5.74) is 3.82. The molecule has 3 fully saturated rings. The summed E-state index contributed by atoms with van der Waals surface area (Å²) in [6, 6.07) is 0. The van der Waals surface area contributed by atoms with E-state index in [2.05, 4.69) is 26.0 Å². The minimum absolute atomic E-state index is 0.547. The van der Waals surface area contributed by atoms with E-state index in [1.54, 1.807) is 11.1 Å². The normalized spacial score (nSPS) is 49.3. The molecule has 1 heteroatoms. The van der Waals surface area contributed by atoms with Crippen LogP contribution in [0.1, 0.15) is 65.2 Å². The number of fused-ring (bicyclic) bond motifs is 5. The van der Waals surface area contributed by atoms with Gasteiger partial charge in [0, 0.05) is 6.42 Å². The molecule has 5 unspecified atom stereocenters. The molecule has 0 bridgehead atoms. The average molecular weight is 298 g/mol. The molecule has 0 heterocycles. The van der Waals surface area contributed by atoms with Crippen molar-refractivity contribution < 1.29 is 5.11 Å². The zero-order valence-electron chi connectivity index (χ0n) is 14.1. The number of hydrogen-bond donors (Lipinski definition) is 1. The molecule has 0 radical (unpaired) electrons. The Labute approximate surface area is 135 Å². The fourth-order valence-electron chi connectivity index (χ4n) is 6.18. The van der Waals surface area contributed by atoms with Crippen LogP contribution < -0.4 is 0 Å². The van der Waals surface area contributed by atoms with Gasteiger partial charge in [0.2, 0.25) is 0 Å². The van der Waals surface area contributed by atoms with E-state index in [1.807, 2.05) is 6.08 Å². The highest BCUT2D eigenvalue weighted by molar-refractivity contribution is 5.39. The maximum Gasteiger partial charge on any atom is 0.0923 e. The van der Waals surface area contributed by atoms with Crippen LogP contribution in [0.3, 0.4) is 0 Å². The second-order valence-corrected chi connectivity index (χ2v) is 8.46. The average Bonchev–Trinajstić information content (AvgIpc) is 2.79. The van der Waals surface area contributed by atoms with Gasteiger partial charge in [-0.15, -0.1) is 0 Å². The molecule has 0 spiro atoms. The molecular weight excluding hydrogens is 268 g/mol. The van der Waals surface area contributed by atoms with E-state index >= 15 is 0 Å². The van der Waals surface area contributed by atoms with Crippen LogP contribution in [0, 0.1) is 29.1 Å². The van der Waals surface area contributed by atoms with Gasteiger partial charge in [-0.2, -0.15) is 0 Å². The van der Waals surface area contributed by atoms with Crippen LogP contribution in [0.25, 0.3) is 0 Å². The first-order chi connectivity index (χ1) is 10.6. The smallest absolute Gasteiger partial charge is 0.0923 e. The maximum atomic E-state index is 9.81. The Kier molecular flexibility index (Phi) is 3.51. The molecule has 1 N–H and O–H groups in total. The van der Waals surface area contributed by atoms with Crippen LogP contribution in [0.4, 0.5) is 0 Å². The third kappa shape index (κ3) is 2.12. The minimum Gasteiger partial charge on any atom is -0.512 e. The molecule has 22 heavy (non-hydrogen) atoms. The van der Waals surface area contributed by atoms with E-state index in [4.69, 9.17) is 0 Å². The maximum absolute atomic E-state index is 9.81. The van der Waals surface area contributed by atoms with Crippen molar-refractivity contribution in [3.05, 3.63) is 35.1 Å². The van der Waals surface area contributed by atoms with E-state index in [9.17, 15) is 5.11 Å². The van der Waals surface area contributed by atoms with Crippen LogP contribution in [0.2, 0.25) is 0 Å². The predicted octanol–water partition coefficient (Wildman–Crippen LogP) is 5.95. The highest BCUT2D eigenvalue weighted by Gasteiger charge is 2.53. The highest BCUT2D eigenvalue weighted by Crippen LogP contribution is 2.62. The van der Waals surface area contributed by atoms with E-state index in [0.717, 1.165) is 36.5 Å². The molecule has 0 aromatic carbocycles. The minimum atomic E-state index is 0.547. The topological polar surface area (TPSA) is 20.2 Å². The number of allylic oxidation sites excluding steroid dienone is 5. The van der Waals surface area contributed by atoms with Gasteiger partial charge < -0.3 is 5.11 Å². The summed E-state index contributed by atoms with van der Waals surface area (Å²) in [5, 5.41) is 9.81. The molecule has 4 rings (SSSR count). The van der Waals surface area contributed by atoms with E-state index in [1.165, 1.54) is 38.5 Å². The largest absolute Gasteiger partial charge is 0.512 e. The van der Waals surface area contributed by atoms with Crippen molar-refractivity contribution in [2.75, 3.05) is 0 Å². The summed E-state index contributed by atoms with van der Waals surface area (Å²) < 4.78 is 0. The summed E-state index contributed by atoms with van der Waals surface area (Å²) in [4.78, 5) is 0. The van der Waals surface area contributed by atoms with Gasteiger partial charge in [0.15, 0.2) is 0 Å². The van der Waals surface area contributed by atoms with Crippen LogP contribution >= 0.6 is 0 Å². The van der Waals surface area contributed by atoms with Crippen molar-refractivity contribution in [3.8, 4) is 0 Å². The highest BCUT2D eigenvalue weighted by atomic mass is 16.3. The van der Waals surface area contributed by atoms with Gasteiger partial charge in [-0.1, -0.05) is 26.0 Å². The third-order valence-corrected chi connectivity index (χ3v) is 7.68. The number of hydrogen-bond acceptors (Lipinski definition) is 1. The Morgan fingerprint density at radius 2 is 1.95 bits per heavy atom. The van der Waals surface area contributed by atoms with E-state index in [-0.39, 0.29) is 0 Å². The second kappa shape index (κ2) is 5.28. The molecule has 3 saturated carbocycles. The zero-order valence-corrected chi connectivity index (χ0v) is 14.1. The van der Waals surface area contributed by atoms with Crippen molar-refractivity contribution >= 4 is 0 Å². The molecule has 5 atom stereocenters. The van der Waals surface area contributed by atoms with E-state index < -0.39 is 0 Å². The lowest BCUT2D eigenvalue weighted by molar-refractivity contribution is 0.0200. The first-order valence-electron chi connectivity index (χ1n) is 9.37.